The number of rotatable bonds is 1. The van der Waals surface area contributed by atoms with E-state index in [1.807, 2.05) is 12.1 Å². The molecule has 0 atom stereocenters. The van der Waals surface area contributed by atoms with Crippen molar-refractivity contribution in [3.8, 4) is 5.75 Å². The molecular formula is C17H13NO. The molecule has 2 heteroatoms. The highest BCUT2D eigenvalue weighted by atomic mass is 16.5. The van der Waals surface area contributed by atoms with E-state index in [-0.39, 0.29) is 0 Å². The number of aromatic amines is 1. The van der Waals surface area contributed by atoms with Crippen molar-refractivity contribution in [3.63, 3.8) is 0 Å². The summed E-state index contributed by atoms with van der Waals surface area (Å²) in [5, 5.41) is 4.87. The lowest BCUT2D eigenvalue weighted by Gasteiger charge is -2.05. The molecule has 0 radical (unpaired) electrons. The highest BCUT2D eigenvalue weighted by molar-refractivity contribution is 6.17. The zero-order valence-corrected chi connectivity index (χ0v) is 10.6. The standard InChI is InChI=1S/C17H13NO/c1-19-16-8-4-6-13-12(16)9-10-14-11-5-2-3-7-15(11)18-17(13)14/h2-10,18H,1H3. The lowest BCUT2D eigenvalue weighted by Crippen LogP contribution is -1.84. The lowest BCUT2D eigenvalue weighted by molar-refractivity contribution is 0.420. The van der Waals surface area contributed by atoms with Crippen LogP contribution in [-0.4, -0.2) is 12.1 Å². The highest BCUT2D eigenvalue weighted by Crippen LogP contribution is 2.34. The van der Waals surface area contributed by atoms with Crippen molar-refractivity contribution >= 4 is 32.6 Å². The summed E-state index contributed by atoms with van der Waals surface area (Å²) in [5.74, 6) is 0.915. The van der Waals surface area contributed by atoms with Crippen molar-refractivity contribution in [1.29, 1.82) is 0 Å². The number of H-pyrrole nitrogens is 1. The number of ether oxygens (including phenoxy) is 1. The molecule has 0 bridgehead atoms. The van der Waals surface area contributed by atoms with Crippen molar-refractivity contribution in [3.05, 3.63) is 54.6 Å². The normalized spacial score (nSPS) is 11.4. The molecule has 3 aromatic carbocycles. The smallest absolute Gasteiger partial charge is 0.126 e. The van der Waals surface area contributed by atoms with Crippen molar-refractivity contribution < 1.29 is 4.74 Å². The first kappa shape index (κ1) is 10.4. The van der Waals surface area contributed by atoms with Crippen LogP contribution < -0.4 is 4.74 Å². The minimum atomic E-state index is 0.915. The Morgan fingerprint density at radius 2 is 1.47 bits per heavy atom. The molecule has 0 amide bonds. The Morgan fingerprint density at radius 3 is 2.37 bits per heavy atom. The quantitative estimate of drug-likeness (QED) is 0.527. The molecule has 0 saturated carbocycles. The Morgan fingerprint density at radius 1 is 0.737 bits per heavy atom. The number of fused-ring (bicyclic) bond motifs is 5. The van der Waals surface area contributed by atoms with Gasteiger partial charge >= 0.3 is 0 Å². The van der Waals surface area contributed by atoms with E-state index in [0.717, 1.165) is 11.1 Å². The molecule has 92 valence electrons. The molecule has 0 aliphatic rings. The lowest BCUT2D eigenvalue weighted by atomic mass is 10.1. The van der Waals surface area contributed by atoms with Crippen molar-refractivity contribution in [2.45, 2.75) is 0 Å². The van der Waals surface area contributed by atoms with Gasteiger partial charge in [-0.2, -0.15) is 0 Å². The molecule has 1 aromatic heterocycles. The van der Waals surface area contributed by atoms with Gasteiger partial charge in [0.25, 0.3) is 0 Å². The summed E-state index contributed by atoms with van der Waals surface area (Å²) in [6.07, 6.45) is 0. The van der Waals surface area contributed by atoms with E-state index in [0.29, 0.717) is 0 Å². The molecule has 0 unspecified atom stereocenters. The molecule has 0 aliphatic heterocycles. The Hall–Kier alpha value is -2.48. The predicted molar refractivity (Wildman–Crippen MR) is 79.9 cm³/mol. The van der Waals surface area contributed by atoms with Gasteiger partial charge in [-0.15, -0.1) is 0 Å². The maximum atomic E-state index is 5.44. The van der Waals surface area contributed by atoms with E-state index in [1.54, 1.807) is 7.11 Å². The van der Waals surface area contributed by atoms with E-state index >= 15 is 0 Å². The monoisotopic (exact) mass is 247 g/mol. The van der Waals surface area contributed by atoms with Crippen LogP contribution in [0.2, 0.25) is 0 Å². The van der Waals surface area contributed by atoms with Gasteiger partial charge in [-0.3, -0.25) is 0 Å². The summed E-state index contributed by atoms with van der Waals surface area (Å²) in [5.41, 5.74) is 2.35. The first-order chi connectivity index (χ1) is 9.38. The van der Waals surface area contributed by atoms with E-state index in [4.69, 9.17) is 4.74 Å². The molecule has 0 fully saturated rings. The van der Waals surface area contributed by atoms with Crippen LogP contribution in [0.25, 0.3) is 32.6 Å². The van der Waals surface area contributed by atoms with E-state index in [1.165, 1.54) is 27.2 Å². The van der Waals surface area contributed by atoms with Crippen LogP contribution >= 0.6 is 0 Å². The second kappa shape index (κ2) is 3.75. The fourth-order valence-corrected chi connectivity index (χ4v) is 2.83. The summed E-state index contributed by atoms with van der Waals surface area (Å²) in [7, 11) is 1.71. The van der Waals surface area contributed by atoms with Gasteiger partial charge in [-0.25, -0.2) is 0 Å². The van der Waals surface area contributed by atoms with Gasteiger partial charge in [-0.05, 0) is 18.2 Å². The number of aromatic nitrogens is 1. The van der Waals surface area contributed by atoms with Gasteiger partial charge in [0.15, 0.2) is 0 Å². The molecule has 0 aliphatic carbocycles. The van der Waals surface area contributed by atoms with Crippen molar-refractivity contribution in [1.82, 2.24) is 4.98 Å². The van der Waals surface area contributed by atoms with Gasteiger partial charge in [0.1, 0.15) is 5.75 Å². The largest absolute Gasteiger partial charge is 0.496 e. The number of para-hydroxylation sites is 1. The summed E-state index contributed by atoms with van der Waals surface area (Å²) in [4.78, 5) is 3.52. The fraction of sp³-hybridized carbons (Fsp3) is 0.0588. The molecule has 0 saturated heterocycles. The Labute approximate surface area is 110 Å². The van der Waals surface area contributed by atoms with Gasteiger partial charge in [0.2, 0.25) is 0 Å². The third-order valence-corrected chi connectivity index (χ3v) is 3.72. The first-order valence-electron chi connectivity index (χ1n) is 6.34. The summed E-state index contributed by atoms with van der Waals surface area (Å²) in [6.45, 7) is 0. The molecule has 1 N–H and O–H groups in total. The molecule has 19 heavy (non-hydrogen) atoms. The van der Waals surface area contributed by atoms with E-state index in [9.17, 15) is 0 Å². The molecule has 1 heterocycles. The third kappa shape index (κ3) is 1.37. The number of hydrogen-bond acceptors (Lipinski definition) is 1. The summed E-state index contributed by atoms with van der Waals surface area (Å²) < 4.78 is 5.44. The fourth-order valence-electron chi connectivity index (χ4n) is 2.83. The third-order valence-electron chi connectivity index (χ3n) is 3.72. The summed E-state index contributed by atoms with van der Waals surface area (Å²) in [6, 6.07) is 18.9. The van der Waals surface area contributed by atoms with Crippen LogP contribution in [0.1, 0.15) is 0 Å². The van der Waals surface area contributed by atoms with E-state index < -0.39 is 0 Å². The second-order valence-corrected chi connectivity index (χ2v) is 4.71. The zero-order chi connectivity index (χ0) is 12.8. The maximum absolute atomic E-state index is 5.44. The number of methoxy groups -OCH3 is 1. The summed E-state index contributed by atoms with van der Waals surface area (Å²) >= 11 is 0. The zero-order valence-electron chi connectivity index (χ0n) is 10.6. The molecule has 2 nitrogen and oxygen atoms in total. The van der Waals surface area contributed by atoms with Crippen LogP contribution in [0.4, 0.5) is 0 Å². The van der Waals surface area contributed by atoms with Gasteiger partial charge in [-0.1, -0.05) is 36.4 Å². The van der Waals surface area contributed by atoms with Crippen molar-refractivity contribution in [2.24, 2.45) is 0 Å². The molecular weight excluding hydrogens is 234 g/mol. The molecule has 0 spiro atoms. The molecule has 4 aromatic rings. The van der Waals surface area contributed by atoms with Crippen LogP contribution in [0.5, 0.6) is 5.75 Å². The average Bonchev–Trinajstić information content (AvgIpc) is 2.85. The topological polar surface area (TPSA) is 25.0 Å². The van der Waals surface area contributed by atoms with Gasteiger partial charge in [0.05, 0.1) is 12.6 Å². The predicted octanol–water partition coefficient (Wildman–Crippen LogP) is 4.48. The van der Waals surface area contributed by atoms with Crippen molar-refractivity contribution in [2.75, 3.05) is 7.11 Å². The molecule has 4 rings (SSSR count). The Bertz CT molecular complexity index is 905. The average molecular weight is 247 g/mol. The number of hydrogen-bond donors (Lipinski definition) is 1. The SMILES string of the molecule is COc1cccc2c1ccc1c3ccccc3[nH]c21. The maximum Gasteiger partial charge on any atom is 0.126 e. The Balaban J connectivity index is 2.25. The minimum absolute atomic E-state index is 0.915. The number of benzene rings is 3. The van der Waals surface area contributed by atoms with E-state index in [2.05, 4.69) is 47.4 Å². The van der Waals surface area contributed by atoms with Crippen LogP contribution in [0, 0.1) is 0 Å². The van der Waals surface area contributed by atoms with Crippen LogP contribution in [0.3, 0.4) is 0 Å². The van der Waals surface area contributed by atoms with Gasteiger partial charge in [0, 0.05) is 27.1 Å². The minimum Gasteiger partial charge on any atom is -0.496 e. The number of nitrogens with one attached hydrogen (secondary N) is 1. The van der Waals surface area contributed by atoms with Crippen LogP contribution in [0.15, 0.2) is 54.6 Å². The van der Waals surface area contributed by atoms with Crippen LogP contribution in [-0.2, 0) is 0 Å². The first-order valence-corrected chi connectivity index (χ1v) is 6.34. The highest BCUT2D eigenvalue weighted by Gasteiger charge is 2.09. The van der Waals surface area contributed by atoms with Gasteiger partial charge < -0.3 is 9.72 Å². The Kier molecular flexibility index (Phi) is 2.06. The second-order valence-electron chi connectivity index (χ2n) is 4.71.